The second-order valence-electron chi connectivity index (χ2n) is 4.49. The molecule has 2 rings (SSSR count). The zero-order chi connectivity index (χ0) is 15.6. The first-order valence-electron chi connectivity index (χ1n) is 6.21. The van der Waals surface area contributed by atoms with Crippen LogP contribution in [0.1, 0.15) is 18.5 Å². The van der Waals surface area contributed by atoms with Crippen molar-refractivity contribution in [3.05, 3.63) is 35.0 Å². The third-order valence-corrected chi connectivity index (χ3v) is 3.22. The Kier molecular flexibility index (Phi) is 4.02. The summed E-state index contributed by atoms with van der Waals surface area (Å²) in [6, 6.07) is 3.37. The Balaban J connectivity index is 2.51. The van der Waals surface area contributed by atoms with Gasteiger partial charge in [-0.2, -0.15) is 0 Å². The van der Waals surface area contributed by atoms with Gasteiger partial charge < -0.3 is 25.2 Å². The molecular formula is C14H16N2O5. The van der Waals surface area contributed by atoms with Gasteiger partial charge in [-0.15, -0.1) is 0 Å². The molecule has 1 unspecified atom stereocenters. The average molecular weight is 292 g/mol. The number of carbonyl (C=O) groups is 2. The van der Waals surface area contributed by atoms with Gasteiger partial charge in [0.25, 0.3) is 0 Å². The van der Waals surface area contributed by atoms with Crippen molar-refractivity contribution in [3.63, 3.8) is 0 Å². The van der Waals surface area contributed by atoms with Crippen molar-refractivity contribution in [2.24, 2.45) is 0 Å². The molecule has 0 radical (unpaired) electrons. The molecule has 112 valence electrons. The molecule has 0 aromatic heterocycles. The smallest absolute Gasteiger partial charge is 0.337 e. The van der Waals surface area contributed by atoms with Crippen LogP contribution in [0.4, 0.5) is 4.79 Å². The second-order valence-corrected chi connectivity index (χ2v) is 4.49. The Morgan fingerprint density at radius 3 is 2.62 bits per heavy atom. The Morgan fingerprint density at radius 1 is 1.33 bits per heavy atom. The Hall–Kier alpha value is -2.70. The van der Waals surface area contributed by atoms with Crippen LogP contribution in [-0.2, 0) is 9.53 Å². The summed E-state index contributed by atoms with van der Waals surface area (Å²) in [5.74, 6) is -0.201. The number of aromatic hydroxyl groups is 1. The monoisotopic (exact) mass is 292 g/mol. The van der Waals surface area contributed by atoms with E-state index in [1.807, 2.05) is 0 Å². The number of phenolic OH excluding ortho intramolecular Hbond substituents is 1. The SMILES string of the molecule is COC(=O)C1=C(C)NC(=O)NC1c1ccc(OC)cc1O. The minimum Gasteiger partial charge on any atom is -0.507 e. The van der Waals surface area contributed by atoms with Crippen LogP contribution in [0.15, 0.2) is 29.5 Å². The minimum atomic E-state index is -0.794. The van der Waals surface area contributed by atoms with E-state index in [1.165, 1.54) is 20.3 Å². The van der Waals surface area contributed by atoms with Gasteiger partial charge in [0.15, 0.2) is 0 Å². The van der Waals surface area contributed by atoms with Gasteiger partial charge in [0.2, 0.25) is 0 Å². The van der Waals surface area contributed by atoms with E-state index in [0.717, 1.165) is 0 Å². The van der Waals surface area contributed by atoms with Crippen LogP contribution in [0.2, 0.25) is 0 Å². The van der Waals surface area contributed by atoms with Crippen molar-refractivity contribution in [1.82, 2.24) is 10.6 Å². The standard InChI is InChI=1S/C14H16N2O5/c1-7-11(13(18)21-3)12(16-14(19)15-7)9-5-4-8(20-2)6-10(9)17/h4-6,12,17H,1-3H3,(H2,15,16,19). The number of nitrogens with one attached hydrogen (secondary N) is 2. The molecule has 1 aromatic rings. The summed E-state index contributed by atoms with van der Waals surface area (Å²) < 4.78 is 9.75. The number of urea groups is 1. The van der Waals surface area contributed by atoms with Gasteiger partial charge in [0.05, 0.1) is 25.8 Å². The van der Waals surface area contributed by atoms with Crippen LogP contribution in [-0.4, -0.2) is 31.3 Å². The molecule has 21 heavy (non-hydrogen) atoms. The summed E-state index contributed by atoms with van der Waals surface area (Å²) in [7, 11) is 2.73. The van der Waals surface area contributed by atoms with Crippen molar-refractivity contribution in [1.29, 1.82) is 0 Å². The van der Waals surface area contributed by atoms with Crippen LogP contribution in [0.5, 0.6) is 11.5 Å². The average Bonchev–Trinajstić information content (AvgIpc) is 2.45. The maximum Gasteiger partial charge on any atom is 0.337 e. The number of allylic oxidation sites excluding steroid dienone is 1. The molecule has 0 fully saturated rings. The number of ether oxygens (including phenoxy) is 2. The molecule has 1 aliphatic rings. The van der Waals surface area contributed by atoms with E-state index >= 15 is 0 Å². The van der Waals surface area contributed by atoms with Gasteiger partial charge in [0.1, 0.15) is 11.5 Å². The van der Waals surface area contributed by atoms with Crippen LogP contribution < -0.4 is 15.4 Å². The fraction of sp³-hybridized carbons (Fsp3) is 0.286. The first kappa shape index (κ1) is 14.7. The summed E-state index contributed by atoms with van der Waals surface area (Å²) >= 11 is 0. The molecule has 1 heterocycles. The largest absolute Gasteiger partial charge is 0.507 e. The van der Waals surface area contributed by atoms with Crippen LogP contribution in [0.3, 0.4) is 0 Å². The molecule has 0 saturated heterocycles. The van der Waals surface area contributed by atoms with E-state index in [1.54, 1.807) is 19.1 Å². The molecule has 7 heteroatoms. The molecule has 1 atom stereocenters. The van der Waals surface area contributed by atoms with Gasteiger partial charge >= 0.3 is 12.0 Å². The Bertz CT molecular complexity index is 624. The minimum absolute atomic E-state index is 0.0873. The fourth-order valence-corrected chi connectivity index (χ4v) is 2.20. The molecule has 0 bridgehead atoms. The third kappa shape index (κ3) is 2.76. The Morgan fingerprint density at radius 2 is 2.05 bits per heavy atom. The maximum absolute atomic E-state index is 11.9. The van der Waals surface area contributed by atoms with Crippen molar-refractivity contribution < 1.29 is 24.2 Å². The van der Waals surface area contributed by atoms with E-state index < -0.39 is 18.0 Å². The predicted octanol–water partition coefficient (Wildman–Crippen LogP) is 1.20. The zero-order valence-corrected chi connectivity index (χ0v) is 11.9. The van der Waals surface area contributed by atoms with E-state index in [4.69, 9.17) is 9.47 Å². The highest BCUT2D eigenvalue weighted by Crippen LogP contribution is 2.34. The number of methoxy groups -OCH3 is 2. The lowest BCUT2D eigenvalue weighted by Gasteiger charge is -2.28. The first-order valence-corrected chi connectivity index (χ1v) is 6.21. The maximum atomic E-state index is 11.9. The molecule has 7 nitrogen and oxygen atoms in total. The summed E-state index contributed by atoms with van der Waals surface area (Å²) in [5.41, 5.74) is 0.994. The normalized spacial score (nSPS) is 17.9. The number of amides is 2. The van der Waals surface area contributed by atoms with Crippen LogP contribution >= 0.6 is 0 Å². The summed E-state index contributed by atoms with van der Waals surface area (Å²) in [5, 5.41) is 15.2. The summed E-state index contributed by atoms with van der Waals surface area (Å²) in [6.45, 7) is 1.60. The number of benzene rings is 1. The fourth-order valence-electron chi connectivity index (χ4n) is 2.20. The number of phenols is 1. The topological polar surface area (TPSA) is 96.9 Å². The molecule has 0 aliphatic carbocycles. The first-order chi connectivity index (χ1) is 9.97. The van der Waals surface area contributed by atoms with Crippen molar-refractivity contribution in [2.75, 3.05) is 14.2 Å². The van der Waals surface area contributed by atoms with Gasteiger partial charge in [-0.05, 0) is 19.1 Å². The van der Waals surface area contributed by atoms with E-state index in [0.29, 0.717) is 17.0 Å². The summed E-state index contributed by atoms with van der Waals surface area (Å²) in [4.78, 5) is 23.6. The van der Waals surface area contributed by atoms with E-state index in [2.05, 4.69) is 10.6 Å². The summed E-state index contributed by atoms with van der Waals surface area (Å²) in [6.07, 6.45) is 0. The van der Waals surface area contributed by atoms with Gasteiger partial charge in [-0.25, -0.2) is 9.59 Å². The van der Waals surface area contributed by atoms with Crippen LogP contribution in [0, 0.1) is 0 Å². The second kappa shape index (κ2) is 5.74. The highest BCUT2D eigenvalue weighted by molar-refractivity contribution is 5.95. The quantitative estimate of drug-likeness (QED) is 0.727. The molecule has 0 spiro atoms. The third-order valence-electron chi connectivity index (χ3n) is 3.22. The molecule has 3 N–H and O–H groups in total. The molecule has 0 saturated carbocycles. The number of carbonyl (C=O) groups excluding carboxylic acids is 2. The number of esters is 1. The molecular weight excluding hydrogens is 276 g/mol. The van der Waals surface area contributed by atoms with Gasteiger partial charge in [0, 0.05) is 17.3 Å². The highest BCUT2D eigenvalue weighted by atomic mass is 16.5. The Labute approximate surface area is 121 Å². The lowest BCUT2D eigenvalue weighted by molar-refractivity contribution is -0.136. The highest BCUT2D eigenvalue weighted by Gasteiger charge is 2.33. The predicted molar refractivity (Wildman–Crippen MR) is 73.8 cm³/mol. The van der Waals surface area contributed by atoms with E-state index in [-0.39, 0.29) is 11.3 Å². The molecule has 1 aliphatic heterocycles. The number of rotatable bonds is 3. The van der Waals surface area contributed by atoms with Crippen molar-refractivity contribution in [2.45, 2.75) is 13.0 Å². The van der Waals surface area contributed by atoms with Gasteiger partial charge in [-0.3, -0.25) is 0 Å². The number of hydrogen-bond donors (Lipinski definition) is 3. The van der Waals surface area contributed by atoms with Crippen LogP contribution in [0.25, 0.3) is 0 Å². The lowest BCUT2D eigenvalue weighted by atomic mass is 9.95. The molecule has 2 amide bonds. The zero-order valence-electron chi connectivity index (χ0n) is 11.9. The van der Waals surface area contributed by atoms with Gasteiger partial charge in [-0.1, -0.05) is 0 Å². The van der Waals surface area contributed by atoms with Crippen molar-refractivity contribution >= 4 is 12.0 Å². The number of hydrogen-bond acceptors (Lipinski definition) is 5. The molecule has 1 aromatic carbocycles. The van der Waals surface area contributed by atoms with E-state index in [9.17, 15) is 14.7 Å². The lowest BCUT2D eigenvalue weighted by Crippen LogP contribution is -2.45. The van der Waals surface area contributed by atoms with Crippen molar-refractivity contribution in [3.8, 4) is 11.5 Å².